The Balaban J connectivity index is 1.09. The second-order valence-corrected chi connectivity index (χ2v) is 25.2. The molecular weight excluding hydrogens is 1000 g/mol. The quantitative estimate of drug-likeness (QED) is 0.0543. The molecule has 0 bridgehead atoms. The molecule has 8 aliphatic rings. The number of aliphatic hydroxyl groups is 10. The highest BCUT2D eigenvalue weighted by atomic mass is 16.8. The predicted molar refractivity (Wildman–Crippen MR) is 262 cm³/mol. The number of aliphatic carboxylic acids is 1. The van der Waals surface area contributed by atoms with Crippen molar-refractivity contribution in [2.45, 2.75) is 225 Å². The van der Waals surface area contributed by atoms with Gasteiger partial charge in [-0.15, -0.1) is 0 Å². The molecule has 4 saturated carbocycles. The fourth-order valence-corrected chi connectivity index (χ4v) is 15.9. The van der Waals surface area contributed by atoms with Crippen LogP contribution in [0.1, 0.15) is 114 Å². The SMILES string of the molecule is C/C=C(/C)C(=O)O[C@H]1[C@H](OC(C)=O)[C@]2(CO)[C@H](O)C[C@]3(C)C(=CCC4[C@@]5(C)CC[C@H](O[C@@H]6O[C@H](C(=O)O)[C@@H](O[C@@H]7O[C@H](CO)[C@H](O)[C@H](O)[C@H]7O)[C@H](O)[C@H]6O[C@@H]6OC[C@@H](O)[C@H](O)[C@H]6O)C(C)(C)C5CC[C@]43C)[C@@H]2CC1(C)C. The number of hydrogen-bond donors (Lipinski definition) is 11. The minimum Gasteiger partial charge on any atom is -0.479 e. The van der Waals surface area contributed by atoms with Gasteiger partial charge in [-0.1, -0.05) is 66.2 Å². The summed E-state index contributed by atoms with van der Waals surface area (Å²) in [5.74, 6) is -3.30. The van der Waals surface area contributed by atoms with E-state index in [1.807, 2.05) is 13.8 Å². The second-order valence-electron chi connectivity index (χ2n) is 25.2. The first-order chi connectivity index (χ1) is 35.4. The van der Waals surface area contributed by atoms with Gasteiger partial charge in [-0.3, -0.25) is 4.79 Å². The molecule has 76 heavy (non-hydrogen) atoms. The molecule has 3 aliphatic heterocycles. The van der Waals surface area contributed by atoms with E-state index in [4.69, 9.17) is 37.9 Å². The zero-order valence-corrected chi connectivity index (χ0v) is 45.3. The van der Waals surface area contributed by atoms with Crippen molar-refractivity contribution in [3.63, 3.8) is 0 Å². The summed E-state index contributed by atoms with van der Waals surface area (Å²) >= 11 is 0. The van der Waals surface area contributed by atoms with Crippen LogP contribution in [-0.4, -0.2) is 204 Å². The van der Waals surface area contributed by atoms with E-state index in [9.17, 15) is 70.6 Å². The molecular formula is C54H84O22. The minimum absolute atomic E-state index is 0.0380. The third kappa shape index (κ3) is 9.42. The Kier molecular flexibility index (Phi) is 16.6. The fourth-order valence-electron chi connectivity index (χ4n) is 15.9. The monoisotopic (exact) mass is 1080 g/mol. The van der Waals surface area contributed by atoms with Gasteiger partial charge in [-0.2, -0.15) is 0 Å². The lowest BCUT2D eigenvalue weighted by Gasteiger charge is -2.72. The Hall–Kier alpha value is -2.75. The molecule has 0 radical (unpaired) electrons. The zero-order chi connectivity index (χ0) is 56.2. The molecule has 5 aliphatic carbocycles. The van der Waals surface area contributed by atoms with Crippen LogP contribution in [0.2, 0.25) is 0 Å². The molecule has 11 N–H and O–H groups in total. The fraction of sp³-hybridized carbons (Fsp3) is 0.870. The third-order valence-electron chi connectivity index (χ3n) is 20.5. The predicted octanol–water partition coefficient (Wildman–Crippen LogP) is 0.346. The zero-order valence-electron chi connectivity index (χ0n) is 45.3. The first-order valence-electron chi connectivity index (χ1n) is 26.9. The van der Waals surface area contributed by atoms with Crippen molar-refractivity contribution in [1.29, 1.82) is 0 Å². The van der Waals surface area contributed by atoms with E-state index in [0.29, 0.717) is 44.1 Å². The number of carbonyl (C=O) groups excluding carboxylic acids is 2. The van der Waals surface area contributed by atoms with Crippen molar-refractivity contribution >= 4 is 17.9 Å². The number of carboxylic acids is 1. The summed E-state index contributed by atoms with van der Waals surface area (Å²) in [5, 5.41) is 120. The van der Waals surface area contributed by atoms with Crippen molar-refractivity contribution in [1.82, 2.24) is 0 Å². The maximum atomic E-state index is 13.4. The molecule has 7 fully saturated rings. The molecule has 0 amide bonds. The number of allylic oxidation sites excluding steroid dienone is 3. The molecule has 0 aromatic carbocycles. The van der Waals surface area contributed by atoms with Gasteiger partial charge in [0.2, 0.25) is 0 Å². The maximum Gasteiger partial charge on any atom is 0.335 e. The van der Waals surface area contributed by atoms with E-state index in [1.54, 1.807) is 19.9 Å². The lowest BCUT2D eigenvalue weighted by molar-refractivity contribution is -0.386. The van der Waals surface area contributed by atoms with E-state index in [-0.39, 0.29) is 23.7 Å². The molecule has 0 spiro atoms. The molecule has 25 atom stereocenters. The van der Waals surface area contributed by atoms with E-state index < -0.39 is 181 Å². The van der Waals surface area contributed by atoms with Crippen molar-refractivity contribution in [2.24, 2.45) is 50.2 Å². The summed E-state index contributed by atoms with van der Waals surface area (Å²) < 4.78 is 48.2. The van der Waals surface area contributed by atoms with Gasteiger partial charge in [0.05, 0.1) is 37.4 Å². The molecule has 8 rings (SSSR count). The first kappa shape index (κ1) is 59.4. The van der Waals surface area contributed by atoms with Crippen LogP contribution in [0.15, 0.2) is 23.3 Å². The van der Waals surface area contributed by atoms with Crippen LogP contribution in [0.3, 0.4) is 0 Å². The largest absolute Gasteiger partial charge is 0.479 e. The average Bonchev–Trinajstić information content (AvgIpc) is 3.45. The third-order valence-corrected chi connectivity index (χ3v) is 20.5. The molecule has 22 nitrogen and oxygen atoms in total. The number of carbonyl (C=O) groups is 3. The van der Waals surface area contributed by atoms with Crippen molar-refractivity contribution in [3.8, 4) is 0 Å². The summed E-state index contributed by atoms with van der Waals surface area (Å²) in [4.78, 5) is 39.4. The van der Waals surface area contributed by atoms with Crippen molar-refractivity contribution < 1.29 is 108 Å². The number of ether oxygens (including phenoxy) is 8. The Morgan fingerprint density at radius 1 is 0.724 bits per heavy atom. The number of aliphatic hydroxyl groups excluding tert-OH is 10. The number of rotatable bonds is 12. The highest BCUT2D eigenvalue weighted by Crippen LogP contribution is 2.76. The molecule has 2 unspecified atom stereocenters. The smallest absolute Gasteiger partial charge is 0.335 e. The van der Waals surface area contributed by atoms with Crippen LogP contribution in [0.4, 0.5) is 0 Å². The van der Waals surface area contributed by atoms with Gasteiger partial charge >= 0.3 is 17.9 Å². The van der Waals surface area contributed by atoms with Gasteiger partial charge in [-0.05, 0) is 98.2 Å². The number of fused-ring (bicyclic) bond motifs is 7. The van der Waals surface area contributed by atoms with Crippen LogP contribution < -0.4 is 0 Å². The summed E-state index contributed by atoms with van der Waals surface area (Å²) in [6.45, 7) is 17.6. The molecule has 3 heterocycles. The van der Waals surface area contributed by atoms with Gasteiger partial charge in [0.1, 0.15) is 73.2 Å². The highest BCUT2D eigenvalue weighted by Gasteiger charge is 2.74. The minimum atomic E-state index is -2.05. The van der Waals surface area contributed by atoms with E-state index in [1.165, 1.54) is 6.92 Å². The molecule has 432 valence electrons. The van der Waals surface area contributed by atoms with E-state index in [2.05, 4.69) is 40.7 Å². The molecule has 3 saturated heterocycles. The molecule has 22 heteroatoms. The van der Waals surface area contributed by atoms with Crippen LogP contribution >= 0.6 is 0 Å². The van der Waals surface area contributed by atoms with Crippen LogP contribution in [0.25, 0.3) is 0 Å². The van der Waals surface area contributed by atoms with Crippen molar-refractivity contribution in [2.75, 3.05) is 19.8 Å². The van der Waals surface area contributed by atoms with Gasteiger partial charge in [0.25, 0.3) is 0 Å². The maximum absolute atomic E-state index is 13.4. The van der Waals surface area contributed by atoms with Gasteiger partial charge in [0.15, 0.2) is 25.0 Å². The normalized spacial score (nSPS) is 49.9. The Morgan fingerprint density at radius 3 is 2.00 bits per heavy atom. The Bertz CT molecular complexity index is 2220. The van der Waals surface area contributed by atoms with Gasteiger partial charge < -0.3 is 94.1 Å². The topological polar surface area (TPSA) is 348 Å². The number of hydrogen-bond acceptors (Lipinski definition) is 21. The highest BCUT2D eigenvalue weighted by molar-refractivity contribution is 5.87. The van der Waals surface area contributed by atoms with Crippen LogP contribution in [-0.2, 0) is 52.3 Å². The summed E-state index contributed by atoms with van der Waals surface area (Å²) in [6, 6.07) is 0. The Labute approximate surface area is 443 Å². The summed E-state index contributed by atoms with van der Waals surface area (Å²) in [7, 11) is 0. The first-order valence-corrected chi connectivity index (χ1v) is 26.9. The van der Waals surface area contributed by atoms with Crippen LogP contribution in [0, 0.1) is 50.2 Å². The molecule has 0 aromatic rings. The van der Waals surface area contributed by atoms with Gasteiger partial charge in [0, 0.05) is 17.9 Å². The average molecular weight is 1090 g/mol. The number of carboxylic acid groups (broad SMARTS) is 1. The lowest BCUT2D eigenvalue weighted by atomic mass is 9.33. The van der Waals surface area contributed by atoms with Crippen molar-refractivity contribution in [3.05, 3.63) is 23.3 Å². The van der Waals surface area contributed by atoms with Gasteiger partial charge in [-0.25, -0.2) is 9.59 Å². The standard InChI is InChI=1S/C54H84O22/c1-11-23(2)45(68)76-42-43(70-24(3)57)54(22-56)26(18-49(42,4)5)25-12-13-30-51(8)16-15-32(50(6,7)29(51)14-17-52(30,9)53(25,10)19-31(54)59)72-48-40(74-46-36(63)33(60)27(58)21-69-46)38(65)39(41(75-48)44(66)67)73-47-37(64)35(62)34(61)28(20-55)71-47/h11-12,26-43,46-48,55-56,58-65H,13-22H2,1-10H3,(H,66,67)/b23-11-/t26-,27+,28+,29?,30?,31+,32-,33-,34-,35-,36+,37+,38-,39-,40+,41-,42-,43-,46-,47-,48+,51-,52+,53+,54-/m0/s1. The van der Waals surface area contributed by atoms with E-state index >= 15 is 0 Å². The molecule has 0 aromatic heterocycles. The van der Waals surface area contributed by atoms with E-state index in [0.717, 1.165) is 5.57 Å². The van der Waals surface area contributed by atoms with Crippen LogP contribution in [0.5, 0.6) is 0 Å². The Morgan fingerprint density at radius 2 is 1.38 bits per heavy atom. The second kappa shape index (κ2) is 21.3. The lowest BCUT2D eigenvalue weighted by Crippen LogP contribution is -2.72. The number of esters is 2. The summed E-state index contributed by atoms with van der Waals surface area (Å²) in [5.41, 5.74) is -2.80. The summed E-state index contributed by atoms with van der Waals surface area (Å²) in [6.07, 6.45) is -21.8.